The van der Waals surface area contributed by atoms with E-state index in [2.05, 4.69) is 4.99 Å². The number of benzene rings is 2. The maximum absolute atomic E-state index is 12.4. The Bertz CT molecular complexity index is 1140. The molecule has 0 radical (unpaired) electrons. The molecular formula is C21H15ClN2O2S. The molecule has 4 rings (SSSR count). The molecule has 2 aromatic carbocycles. The number of carbonyl (C=O) groups is 1. The molecular weight excluding hydrogens is 380 g/mol. The Kier molecular flexibility index (Phi) is 4.79. The third-order valence-corrected chi connectivity index (χ3v) is 5.55. The summed E-state index contributed by atoms with van der Waals surface area (Å²) in [7, 11) is 1.90. The Balaban J connectivity index is 1.92. The Hall–Kier alpha value is -2.89. The summed E-state index contributed by atoms with van der Waals surface area (Å²) in [5, 5.41) is 0.677. The van der Waals surface area contributed by atoms with Crippen molar-refractivity contribution in [2.75, 3.05) is 0 Å². The highest BCUT2D eigenvalue weighted by atomic mass is 35.5. The molecule has 0 aliphatic heterocycles. The summed E-state index contributed by atoms with van der Waals surface area (Å²) in [5.41, 5.74) is 3.05. The van der Waals surface area contributed by atoms with Gasteiger partial charge in [-0.3, -0.25) is 4.79 Å². The molecule has 6 heteroatoms. The van der Waals surface area contributed by atoms with Gasteiger partial charge in [-0.1, -0.05) is 65.4 Å². The third kappa shape index (κ3) is 3.52. The molecule has 0 aliphatic rings. The van der Waals surface area contributed by atoms with Gasteiger partial charge in [0, 0.05) is 12.1 Å². The van der Waals surface area contributed by atoms with Gasteiger partial charge < -0.3 is 8.98 Å². The van der Waals surface area contributed by atoms with E-state index < -0.39 is 5.91 Å². The zero-order valence-electron chi connectivity index (χ0n) is 14.4. The van der Waals surface area contributed by atoms with Crippen LogP contribution in [0.25, 0.3) is 21.7 Å². The molecule has 0 aliphatic carbocycles. The molecule has 2 aromatic heterocycles. The first-order valence-corrected chi connectivity index (χ1v) is 9.46. The SMILES string of the molecule is Cn1c(-c2ccc(Cl)cc2)c(-c2ccccc2)sc1=NC(=O)c1ccco1. The van der Waals surface area contributed by atoms with E-state index in [9.17, 15) is 4.79 Å². The summed E-state index contributed by atoms with van der Waals surface area (Å²) < 4.78 is 7.09. The van der Waals surface area contributed by atoms with E-state index >= 15 is 0 Å². The van der Waals surface area contributed by atoms with Crippen LogP contribution in [0.3, 0.4) is 0 Å². The molecule has 4 aromatic rings. The molecule has 2 heterocycles. The van der Waals surface area contributed by atoms with Crippen LogP contribution in [0.2, 0.25) is 5.02 Å². The number of hydrogen-bond donors (Lipinski definition) is 0. The van der Waals surface area contributed by atoms with Crippen LogP contribution < -0.4 is 4.80 Å². The normalized spacial score (nSPS) is 11.7. The zero-order valence-corrected chi connectivity index (χ0v) is 16.0. The summed E-state index contributed by atoms with van der Waals surface area (Å²) in [6, 6.07) is 21.0. The van der Waals surface area contributed by atoms with Gasteiger partial charge in [-0.15, -0.1) is 0 Å². The van der Waals surface area contributed by atoms with Crippen LogP contribution in [-0.4, -0.2) is 10.5 Å². The first-order chi connectivity index (χ1) is 13.1. The fourth-order valence-corrected chi connectivity index (χ4v) is 4.08. The summed E-state index contributed by atoms with van der Waals surface area (Å²) in [5.74, 6) is -0.183. The summed E-state index contributed by atoms with van der Waals surface area (Å²) in [6.45, 7) is 0. The van der Waals surface area contributed by atoms with Gasteiger partial charge in [0.1, 0.15) is 0 Å². The van der Waals surface area contributed by atoms with Crippen molar-refractivity contribution < 1.29 is 9.21 Å². The average molecular weight is 395 g/mol. The maximum Gasteiger partial charge on any atom is 0.315 e. The van der Waals surface area contributed by atoms with Crippen molar-refractivity contribution in [2.24, 2.45) is 12.0 Å². The standard InChI is InChI=1S/C21H15ClN2O2S/c1-24-18(14-9-11-16(22)12-10-14)19(15-6-3-2-4-7-15)27-21(24)23-20(25)17-8-5-13-26-17/h2-13H,1H3. The fourth-order valence-electron chi connectivity index (χ4n) is 2.81. The Morgan fingerprint density at radius 3 is 2.41 bits per heavy atom. The largest absolute Gasteiger partial charge is 0.459 e. The molecule has 1 amide bonds. The predicted molar refractivity (Wildman–Crippen MR) is 108 cm³/mol. The Morgan fingerprint density at radius 2 is 1.74 bits per heavy atom. The second kappa shape index (κ2) is 7.39. The van der Waals surface area contributed by atoms with Gasteiger partial charge in [0.15, 0.2) is 10.6 Å². The lowest BCUT2D eigenvalue weighted by molar-refractivity contribution is 0.0971. The number of hydrogen-bond acceptors (Lipinski definition) is 3. The minimum Gasteiger partial charge on any atom is -0.459 e. The molecule has 0 atom stereocenters. The molecule has 0 spiro atoms. The van der Waals surface area contributed by atoms with E-state index in [0.717, 1.165) is 21.7 Å². The van der Waals surface area contributed by atoms with Gasteiger partial charge in [0.05, 0.1) is 16.8 Å². The molecule has 0 unspecified atom stereocenters. The van der Waals surface area contributed by atoms with E-state index in [-0.39, 0.29) is 5.76 Å². The minimum absolute atomic E-state index is 0.220. The van der Waals surface area contributed by atoms with E-state index in [4.69, 9.17) is 16.0 Å². The Morgan fingerprint density at radius 1 is 1.00 bits per heavy atom. The second-order valence-corrected chi connectivity index (χ2v) is 7.30. The molecule has 0 saturated heterocycles. The van der Waals surface area contributed by atoms with Crippen molar-refractivity contribution in [1.29, 1.82) is 0 Å². The van der Waals surface area contributed by atoms with E-state index in [1.807, 2.05) is 66.2 Å². The summed E-state index contributed by atoms with van der Waals surface area (Å²) >= 11 is 7.51. The van der Waals surface area contributed by atoms with Crippen molar-refractivity contribution in [3.63, 3.8) is 0 Å². The number of amides is 1. The first-order valence-electron chi connectivity index (χ1n) is 8.27. The smallest absolute Gasteiger partial charge is 0.315 e. The van der Waals surface area contributed by atoms with Gasteiger partial charge in [-0.2, -0.15) is 4.99 Å². The van der Waals surface area contributed by atoms with Crippen LogP contribution in [0, 0.1) is 0 Å². The van der Waals surface area contributed by atoms with Crippen molar-refractivity contribution in [2.45, 2.75) is 0 Å². The van der Waals surface area contributed by atoms with Crippen molar-refractivity contribution >= 4 is 28.8 Å². The van der Waals surface area contributed by atoms with Gasteiger partial charge in [-0.05, 0) is 35.4 Å². The quantitative estimate of drug-likeness (QED) is 0.466. The van der Waals surface area contributed by atoms with Gasteiger partial charge in [-0.25, -0.2) is 0 Å². The van der Waals surface area contributed by atoms with Crippen LogP contribution in [0.4, 0.5) is 0 Å². The zero-order chi connectivity index (χ0) is 18.8. The molecule has 134 valence electrons. The summed E-state index contributed by atoms with van der Waals surface area (Å²) in [4.78, 5) is 18.3. The van der Waals surface area contributed by atoms with Crippen LogP contribution >= 0.6 is 22.9 Å². The lowest BCUT2D eigenvalue weighted by atomic mass is 10.1. The highest BCUT2D eigenvalue weighted by Gasteiger charge is 2.16. The van der Waals surface area contributed by atoms with E-state index in [0.29, 0.717) is 9.82 Å². The van der Waals surface area contributed by atoms with Gasteiger partial charge in [0.2, 0.25) is 0 Å². The van der Waals surface area contributed by atoms with Crippen LogP contribution in [-0.2, 0) is 7.05 Å². The minimum atomic E-state index is -0.404. The molecule has 4 nitrogen and oxygen atoms in total. The number of carbonyl (C=O) groups excluding carboxylic acids is 1. The van der Waals surface area contributed by atoms with Gasteiger partial charge in [0.25, 0.3) is 0 Å². The van der Waals surface area contributed by atoms with Crippen molar-refractivity contribution in [3.05, 3.63) is 88.6 Å². The second-order valence-electron chi connectivity index (χ2n) is 5.89. The maximum atomic E-state index is 12.4. The molecule has 0 N–H and O–H groups in total. The number of thiazole rings is 1. The molecule has 0 fully saturated rings. The van der Waals surface area contributed by atoms with Crippen molar-refractivity contribution in [1.82, 2.24) is 4.57 Å². The first kappa shape index (κ1) is 17.5. The highest BCUT2D eigenvalue weighted by Crippen LogP contribution is 2.34. The number of aromatic nitrogens is 1. The third-order valence-electron chi connectivity index (χ3n) is 4.11. The number of halogens is 1. The van der Waals surface area contributed by atoms with Crippen molar-refractivity contribution in [3.8, 4) is 21.7 Å². The predicted octanol–water partition coefficient (Wildman–Crippen LogP) is 5.41. The summed E-state index contributed by atoms with van der Waals surface area (Å²) in [6.07, 6.45) is 1.46. The fraction of sp³-hybridized carbons (Fsp3) is 0.0476. The highest BCUT2D eigenvalue weighted by molar-refractivity contribution is 7.13. The molecule has 27 heavy (non-hydrogen) atoms. The lowest BCUT2D eigenvalue weighted by Crippen LogP contribution is -2.14. The van der Waals surface area contributed by atoms with Crippen LogP contribution in [0.1, 0.15) is 10.6 Å². The lowest BCUT2D eigenvalue weighted by Gasteiger charge is -2.07. The van der Waals surface area contributed by atoms with Crippen LogP contribution in [0.15, 0.2) is 82.4 Å². The molecule has 0 bridgehead atoms. The Labute approximate surface area is 165 Å². The van der Waals surface area contributed by atoms with E-state index in [1.54, 1.807) is 12.1 Å². The average Bonchev–Trinajstić information content (AvgIpc) is 3.33. The number of furan rings is 1. The van der Waals surface area contributed by atoms with E-state index in [1.165, 1.54) is 17.6 Å². The monoisotopic (exact) mass is 394 g/mol. The van der Waals surface area contributed by atoms with Gasteiger partial charge >= 0.3 is 5.91 Å². The topological polar surface area (TPSA) is 47.5 Å². The molecule has 0 saturated carbocycles. The number of rotatable bonds is 3. The van der Waals surface area contributed by atoms with Crippen LogP contribution in [0.5, 0.6) is 0 Å². The number of nitrogens with zero attached hydrogens (tertiary/aromatic N) is 2.